The molecule has 0 saturated heterocycles. The molecular weight excluding hydrogens is 494 g/mol. The molecule has 2 atom stereocenters. The summed E-state index contributed by atoms with van der Waals surface area (Å²) in [6.45, 7) is 7.56. The van der Waals surface area contributed by atoms with Gasteiger partial charge in [-0.1, -0.05) is 38.0 Å². The molecule has 0 aliphatic heterocycles. The summed E-state index contributed by atoms with van der Waals surface area (Å²) in [6.07, 6.45) is 5.94. The van der Waals surface area contributed by atoms with Crippen LogP contribution in [0.3, 0.4) is 0 Å². The van der Waals surface area contributed by atoms with Gasteiger partial charge in [-0.3, -0.25) is 14.3 Å². The van der Waals surface area contributed by atoms with E-state index in [1.165, 1.54) is 0 Å². The number of ether oxygens (including phenoxy) is 1. The van der Waals surface area contributed by atoms with E-state index in [0.717, 1.165) is 41.6 Å². The molecule has 0 spiro atoms. The Kier molecular flexibility index (Phi) is 9.11. The van der Waals surface area contributed by atoms with Crippen LogP contribution in [0.5, 0.6) is 5.88 Å². The first-order valence-electron chi connectivity index (χ1n) is 13.5. The number of Topliss-reactive ketones (excluding diaryl/α,β-unsaturated/α-hetero) is 1. The standard InChI is InChI=1S/C30H37N5O4/c1-6-23(36)13-8-7-9-15-26(32-28(37)21(4)35-20(3)16-19(2)34-35)30-31-18-27(39-30)24-17-22-12-10-11-14-25(22)33-29(24)38-5/h10-12,14,16-18,21,26H,6-9,13,15H2,1-5H3,(H,32,37). The number of carbonyl (C=O) groups excluding carboxylic acids is 2. The Morgan fingerprint density at radius 3 is 2.64 bits per heavy atom. The lowest BCUT2D eigenvalue weighted by Gasteiger charge is -2.20. The number of benzene rings is 1. The van der Waals surface area contributed by atoms with Gasteiger partial charge in [-0.15, -0.1) is 0 Å². The topological polar surface area (TPSA) is 112 Å². The first kappa shape index (κ1) is 28.0. The highest BCUT2D eigenvalue weighted by molar-refractivity contribution is 5.85. The second kappa shape index (κ2) is 12.7. The molecule has 0 aliphatic rings. The Bertz CT molecular complexity index is 1440. The van der Waals surface area contributed by atoms with Gasteiger partial charge in [0.2, 0.25) is 17.7 Å². The van der Waals surface area contributed by atoms with Gasteiger partial charge in [-0.05, 0) is 51.8 Å². The Morgan fingerprint density at radius 1 is 1.13 bits per heavy atom. The second-order valence-electron chi connectivity index (χ2n) is 9.90. The number of methoxy groups -OCH3 is 1. The fourth-order valence-electron chi connectivity index (χ4n) is 4.73. The summed E-state index contributed by atoms with van der Waals surface area (Å²) in [5.74, 6) is 1.47. The van der Waals surface area contributed by atoms with Crippen molar-refractivity contribution in [2.75, 3.05) is 7.11 Å². The van der Waals surface area contributed by atoms with Gasteiger partial charge in [0.05, 0.1) is 30.1 Å². The third kappa shape index (κ3) is 6.71. The van der Waals surface area contributed by atoms with Gasteiger partial charge in [0.1, 0.15) is 17.9 Å². The summed E-state index contributed by atoms with van der Waals surface area (Å²) in [7, 11) is 1.57. The largest absolute Gasteiger partial charge is 0.480 e. The lowest BCUT2D eigenvalue weighted by atomic mass is 10.0. The van der Waals surface area contributed by atoms with Crippen LogP contribution < -0.4 is 10.1 Å². The fourth-order valence-corrected chi connectivity index (χ4v) is 4.73. The number of aromatic nitrogens is 4. The van der Waals surface area contributed by atoms with Crippen molar-refractivity contribution < 1.29 is 18.7 Å². The van der Waals surface area contributed by atoms with Gasteiger partial charge in [-0.2, -0.15) is 5.10 Å². The number of hydrogen-bond donors (Lipinski definition) is 1. The fraction of sp³-hybridized carbons (Fsp3) is 0.433. The van der Waals surface area contributed by atoms with E-state index in [1.807, 2.05) is 64.1 Å². The number of hydrogen-bond acceptors (Lipinski definition) is 7. The van der Waals surface area contributed by atoms with Crippen molar-refractivity contribution in [2.45, 2.75) is 78.3 Å². The van der Waals surface area contributed by atoms with E-state index in [1.54, 1.807) is 18.0 Å². The Hall–Kier alpha value is -4.01. The predicted octanol–water partition coefficient (Wildman–Crippen LogP) is 6.06. The highest BCUT2D eigenvalue weighted by atomic mass is 16.5. The highest BCUT2D eigenvalue weighted by Crippen LogP contribution is 2.33. The van der Waals surface area contributed by atoms with Crippen molar-refractivity contribution in [3.05, 3.63) is 59.9 Å². The molecule has 0 fully saturated rings. The average molecular weight is 532 g/mol. The van der Waals surface area contributed by atoms with Gasteiger partial charge in [0.15, 0.2) is 5.76 Å². The molecule has 9 heteroatoms. The minimum Gasteiger partial charge on any atom is -0.480 e. The normalized spacial score (nSPS) is 12.8. The quantitative estimate of drug-likeness (QED) is 0.209. The molecule has 2 unspecified atom stereocenters. The molecule has 3 heterocycles. The summed E-state index contributed by atoms with van der Waals surface area (Å²) in [6, 6.07) is 10.8. The average Bonchev–Trinajstić information content (AvgIpc) is 3.56. The number of ketones is 1. The zero-order chi connectivity index (χ0) is 27.9. The summed E-state index contributed by atoms with van der Waals surface area (Å²) in [5, 5.41) is 8.56. The minimum absolute atomic E-state index is 0.169. The van der Waals surface area contributed by atoms with Gasteiger partial charge in [-0.25, -0.2) is 9.97 Å². The maximum Gasteiger partial charge on any atom is 0.245 e. The molecule has 1 N–H and O–H groups in total. The first-order chi connectivity index (χ1) is 18.8. The number of rotatable bonds is 13. The monoisotopic (exact) mass is 531 g/mol. The maximum atomic E-state index is 13.3. The van der Waals surface area contributed by atoms with Crippen molar-refractivity contribution in [3.63, 3.8) is 0 Å². The summed E-state index contributed by atoms with van der Waals surface area (Å²) >= 11 is 0. The van der Waals surface area contributed by atoms with Crippen LogP contribution in [0.2, 0.25) is 0 Å². The van der Waals surface area contributed by atoms with Crippen LogP contribution in [0.15, 0.2) is 47.0 Å². The SMILES string of the molecule is CCC(=O)CCCCCC(NC(=O)C(C)n1nc(C)cc1C)c1ncc(-c2cc3ccccc3nc2OC)o1. The van der Waals surface area contributed by atoms with E-state index in [2.05, 4.69) is 20.4 Å². The molecule has 0 saturated carbocycles. The van der Waals surface area contributed by atoms with Crippen molar-refractivity contribution in [3.8, 4) is 17.2 Å². The van der Waals surface area contributed by atoms with Crippen LogP contribution in [0.1, 0.15) is 81.7 Å². The Morgan fingerprint density at radius 2 is 1.92 bits per heavy atom. The van der Waals surface area contributed by atoms with Crippen LogP contribution in [0.25, 0.3) is 22.2 Å². The van der Waals surface area contributed by atoms with E-state index in [4.69, 9.17) is 9.15 Å². The minimum atomic E-state index is -0.498. The van der Waals surface area contributed by atoms with Gasteiger partial charge in [0, 0.05) is 23.9 Å². The first-order valence-corrected chi connectivity index (χ1v) is 13.5. The third-order valence-corrected chi connectivity index (χ3v) is 6.92. The number of amides is 1. The predicted molar refractivity (Wildman–Crippen MR) is 149 cm³/mol. The van der Waals surface area contributed by atoms with Crippen LogP contribution >= 0.6 is 0 Å². The van der Waals surface area contributed by atoms with E-state index in [0.29, 0.717) is 42.4 Å². The van der Waals surface area contributed by atoms with Crippen molar-refractivity contribution >= 4 is 22.6 Å². The van der Waals surface area contributed by atoms with E-state index in [9.17, 15) is 9.59 Å². The number of para-hydroxylation sites is 1. The molecular formula is C30H37N5O4. The number of nitrogens with one attached hydrogen (secondary N) is 1. The Labute approximate surface area is 229 Å². The zero-order valence-corrected chi connectivity index (χ0v) is 23.4. The number of nitrogens with zero attached hydrogens (tertiary/aromatic N) is 4. The van der Waals surface area contributed by atoms with Crippen LogP contribution in [0, 0.1) is 13.8 Å². The molecule has 39 heavy (non-hydrogen) atoms. The summed E-state index contributed by atoms with van der Waals surface area (Å²) < 4.78 is 13.5. The lowest BCUT2D eigenvalue weighted by molar-refractivity contribution is -0.125. The number of fused-ring (bicyclic) bond motifs is 1. The van der Waals surface area contributed by atoms with Crippen LogP contribution in [-0.2, 0) is 9.59 Å². The molecule has 4 rings (SSSR count). The lowest BCUT2D eigenvalue weighted by Crippen LogP contribution is -2.35. The van der Waals surface area contributed by atoms with Crippen molar-refractivity contribution in [1.82, 2.24) is 25.1 Å². The number of carbonyl (C=O) groups is 2. The molecule has 0 bridgehead atoms. The van der Waals surface area contributed by atoms with E-state index >= 15 is 0 Å². The summed E-state index contributed by atoms with van der Waals surface area (Å²) in [4.78, 5) is 34.2. The molecule has 4 aromatic rings. The Balaban J connectivity index is 1.56. The second-order valence-corrected chi connectivity index (χ2v) is 9.90. The van der Waals surface area contributed by atoms with Crippen molar-refractivity contribution in [2.24, 2.45) is 0 Å². The summed E-state index contributed by atoms with van der Waals surface area (Å²) in [5.41, 5.74) is 3.29. The molecule has 1 amide bonds. The van der Waals surface area contributed by atoms with Gasteiger partial charge < -0.3 is 14.5 Å². The molecule has 0 aliphatic carbocycles. The number of aryl methyl sites for hydroxylation is 2. The number of oxazole rings is 1. The van der Waals surface area contributed by atoms with E-state index in [-0.39, 0.29) is 11.7 Å². The van der Waals surface area contributed by atoms with Crippen LogP contribution in [-0.4, -0.2) is 38.5 Å². The van der Waals surface area contributed by atoms with E-state index < -0.39 is 12.1 Å². The molecule has 9 nitrogen and oxygen atoms in total. The van der Waals surface area contributed by atoms with Gasteiger partial charge in [0.25, 0.3) is 0 Å². The van der Waals surface area contributed by atoms with Crippen LogP contribution in [0.4, 0.5) is 0 Å². The smallest absolute Gasteiger partial charge is 0.245 e. The molecule has 0 radical (unpaired) electrons. The molecule has 206 valence electrons. The number of unbranched alkanes of at least 4 members (excludes halogenated alkanes) is 2. The maximum absolute atomic E-state index is 13.3. The molecule has 3 aromatic heterocycles. The third-order valence-electron chi connectivity index (χ3n) is 6.92. The number of pyridine rings is 1. The van der Waals surface area contributed by atoms with Crippen molar-refractivity contribution in [1.29, 1.82) is 0 Å². The zero-order valence-electron chi connectivity index (χ0n) is 23.4. The molecule has 1 aromatic carbocycles. The van der Waals surface area contributed by atoms with Gasteiger partial charge >= 0.3 is 0 Å². The highest BCUT2D eigenvalue weighted by Gasteiger charge is 2.26.